The second-order valence-electron chi connectivity index (χ2n) is 4.96. The maximum atomic E-state index is 6.38. The molecule has 3 aromatic rings. The van der Waals surface area contributed by atoms with Gasteiger partial charge in [-0.15, -0.1) is 0 Å². The van der Waals surface area contributed by atoms with E-state index >= 15 is 0 Å². The molecule has 4 heteroatoms. The van der Waals surface area contributed by atoms with Gasteiger partial charge in [0.15, 0.2) is 0 Å². The molecule has 0 spiro atoms. The zero-order valence-electron chi connectivity index (χ0n) is 11.7. The Morgan fingerprint density at radius 3 is 2.75 bits per heavy atom. The van der Waals surface area contributed by atoms with Gasteiger partial charge in [0.1, 0.15) is 0 Å². The lowest BCUT2D eigenvalue weighted by molar-refractivity contribution is 0.873. The zero-order valence-corrected chi connectivity index (χ0v) is 11.7. The highest BCUT2D eigenvalue weighted by Gasteiger charge is 2.11. The molecule has 1 atom stereocenters. The first-order valence-corrected chi connectivity index (χ1v) is 6.63. The molecular weight excluding hydrogens is 248 g/mol. The zero-order chi connectivity index (χ0) is 14.1. The summed E-state index contributed by atoms with van der Waals surface area (Å²) in [5, 5.41) is 3.14. The minimum absolute atomic E-state index is 0.144. The maximum Gasteiger partial charge on any atom is 0.0955 e. The molecular formula is C16H18N4. The molecule has 0 aliphatic heterocycles. The molecule has 0 aliphatic rings. The molecule has 0 bridgehead atoms. The van der Waals surface area contributed by atoms with Crippen LogP contribution in [0.15, 0.2) is 48.8 Å². The van der Waals surface area contributed by atoms with Crippen LogP contribution in [0.3, 0.4) is 0 Å². The molecule has 0 saturated carbocycles. The molecule has 102 valence electrons. The fourth-order valence-electron chi connectivity index (χ4n) is 2.43. The third-order valence-corrected chi connectivity index (χ3v) is 3.64. The minimum Gasteiger partial charge on any atom is -0.388 e. The first-order chi connectivity index (χ1) is 9.69. The van der Waals surface area contributed by atoms with Crippen molar-refractivity contribution in [3.8, 4) is 0 Å². The molecule has 1 heterocycles. The Hall–Kier alpha value is -2.33. The normalized spacial score (nSPS) is 12.6. The first kappa shape index (κ1) is 12.7. The number of fused-ring (bicyclic) bond motifs is 1. The van der Waals surface area contributed by atoms with Crippen molar-refractivity contribution < 1.29 is 0 Å². The Morgan fingerprint density at radius 2 is 1.95 bits per heavy atom. The van der Waals surface area contributed by atoms with Gasteiger partial charge < -0.3 is 15.6 Å². The van der Waals surface area contributed by atoms with Crippen molar-refractivity contribution in [2.75, 3.05) is 12.4 Å². The van der Waals surface area contributed by atoms with Gasteiger partial charge in [0.25, 0.3) is 0 Å². The predicted molar refractivity (Wildman–Crippen MR) is 82.7 cm³/mol. The molecule has 3 rings (SSSR count). The van der Waals surface area contributed by atoms with Gasteiger partial charge >= 0.3 is 0 Å². The number of imidazole rings is 1. The van der Waals surface area contributed by atoms with Crippen LogP contribution >= 0.6 is 0 Å². The predicted octanol–water partition coefficient (Wildman–Crippen LogP) is 2.66. The van der Waals surface area contributed by atoms with Crippen molar-refractivity contribution >= 4 is 16.7 Å². The van der Waals surface area contributed by atoms with E-state index in [2.05, 4.69) is 34.6 Å². The van der Waals surface area contributed by atoms with Gasteiger partial charge in [0, 0.05) is 19.8 Å². The Labute approximate surface area is 118 Å². The first-order valence-electron chi connectivity index (χ1n) is 6.63. The third kappa shape index (κ3) is 2.14. The second kappa shape index (κ2) is 4.98. The van der Waals surface area contributed by atoms with Crippen LogP contribution in [0.4, 0.5) is 5.69 Å². The van der Waals surface area contributed by atoms with Crippen LogP contribution in [0.2, 0.25) is 0 Å². The van der Waals surface area contributed by atoms with Crippen LogP contribution in [0.5, 0.6) is 0 Å². The van der Waals surface area contributed by atoms with Crippen LogP contribution in [0, 0.1) is 0 Å². The van der Waals surface area contributed by atoms with E-state index in [9.17, 15) is 0 Å². The van der Waals surface area contributed by atoms with Crippen molar-refractivity contribution in [3.63, 3.8) is 0 Å². The molecule has 0 aliphatic carbocycles. The smallest absolute Gasteiger partial charge is 0.0955 e. The summed E-state index contributed by atoms with van der Waals surface area (Å²) in [6, 6.07) is 14.2. The highest BCUT2D eigenvalue weighted by atomic mass is 15.0. The summed E-state index contributed by atoms with van der Waals surface area (Å²) in [6.07, 6.45) is 1.82. The molecule has 0 amide bonds. The lowest BCUT2D eigenvalue weighted by Gasteiger charge is -2.14. The topological polar surface area (TPSA) is 55.9 Å². The highest BCUT2D eigenvalue weighted by molar-refractivity contribution is 5.76. The van der Waals surface area contributed by atoms with Gasteiger partial charge in [-0.05, 0) is 35.4 Å². The number of anilines is 1. The van der Waals surface area contributed by atoms with Crippen molar-refractivity contribution in [2.45, 2.75) is 6.04 Å². The van der Waals surface area contributed by atoms with Crippen LogP contribution in [0.1, 0.15) is 17.2 Å². The number of hydrogen-bond acceptors (Lipinski definition) is 3. The lowest BCUT2D eigenvalue weighted by Crippen LogP contribution is -2.12. The van der Waals surface area contributed by atoms with Gasteiger partial charge in [0.2, 0.25) is 0 Å². The number of benzene rings is 2. The van der Waals surface area contributed by atoms with E-state index in [-0.39, 0.29) is 6.04 Å². The number of nitrogens with two attached hydrogens (primary N) is 1. The van der Waals surface area contributed by atoms with E-state index in [0.29, 0.717) is 0 Å². The average molecular weight is 266 g/mol. The van der Waals surface area contributed by atoms with Crippen LogP contribution in [-0.4, -0.2) is 16.6 Å². The van der Waals surface area contributed by atoms with Gasteiger partial charge in [-0.3, -0.25) is 0 Å². The van der Waals surface area contributed by atoms with Crippen molar-refractivity contribution in [3.05, 3.63) is 59.9 Å². The summed E-state index contributed by atoms with van der Waals surface area (Å²) in [4.78, 5) is 4.38. The lowest BCUT2D eigenvalue weighted by atomic mass is 9.99. The Bertz CT molecular complexity index is 745. The highest BCUT2D eigenvalue weighted by Crippen LogP contribution is 2.24. The molecule has 0 fully saturated rings. The quantitative estimate of drug-likeness (QED) is 0.766. The number of aryl methyl sites for hydroxylation is 1. The number of nitrogens with zero attached hydrogens (tertiary/aromatic N) is 2. The van der Waals surface area contributed by atoms with E-state index in [1.54, 1.807) is 0 Å². The van der Waals surface area contributed by atoms with E-state index in [4.69, 9.17) is 5.73 Å². The van der Waals surface area contributed by atoms with Gasteiger partial charge in [-0.2, -0.15) is 0 Å². The van der Waals surface area contributed by atoms with Gasteiger partial charge in [-0.1, -0.05) is 18.2 Å². The SMILES string of the molecule is CNc1cccc(C(N)c2ccc3c(c2)ncn3C)c1. The monoisotopic (exact) mass is 266 g/mol. The van der Waals surface area contributed by atoms with Crippen LogP contribution in [0.25, 0.3) is 11.0 Å². The summed E-state index contributed by atoms with van der Waals surface area (Å²) in [5.74, 6) is 0. The van der Waals surface area contributed by atoms with Crippen LogP contribution < -0.4 is 11.1 Å². The number of rotatable bonds is 3. The summed E-state index contributed by atoms with van der Waals surface area (Å²) < 4.78 is 2.01. The second-order valence-corrected chi connectivity index (χ2v) is 4.96. The summed E-state index contributed by atoms with van der Waals surface area (Å²) in [5.41, 5.74) is 11.7. The van der Waals surface area contributed by atoms with E-state index in [0.717, 1.165) is 27.8 Å². The number of nitrogens with one attached hydrogen (secondary N) is 1. The van der Waals surface area contributed by atoms with Crippen LogP contribution in [-0.2, 0) is 7.05 Å². The maximum absolute atomic E-state index is 6.38. The fourth-order valence-corrected chi connectivity index (χ4v) is 2.43. The molecule has 1 aromatic heterocycles. The molecule has 4 nitrogen and oxygen atoms in total. The van der Waals surface area contributed by atoms with Gasteiger partial charge in [0.05, 0.1) is 23.4 Å². The standard InChI is InChI=1S/C16H18N4/c1-18-13-5-3-4-11(8-13)16(17)12-6-7-15-14(9-12)19-10-20(15)2/h3-10,16,18H,17H2,1-2H3. The number of aromatic nitrogens is 2. The van der Waals surface area contributed by atoms with E-state index in [1.165, 1.54) is 0 Å². The average Bonchev–Trinajstić information content (AvgIpc) is 2.87. The summed E-state index contributed by atoms with van der Waals surface area (Å²) in [6.45, 7) is 0. The molecule has 0 radical (unpaired) electrons. The number of hydrogen-bond donors (Lipinski definition) is 2. The van der Waals surface area contributed by atoms with Crippen molar-refractivity contribution in [2.24, 2.45) is 12.8 Å². The van der Waals surface area contributed by atoms with E-state index < -0.39 is 0 Å². The molecule has 0 saturated heterocycles. The molecule has 3 N–H and O–H groups in total. The van der Waals surface area contributed by atoms with E-state index in [1.807, 2.05) is 43.2 Å². The third-order valence-electron chi connectivity index (χ3n) is 3.64. The minimum atomic E-state index is -0.144. The van der Waals surface area contributed by atoms with Gasteiger partial charge in [-0.25, -0.2) is 4.98 Å². The summed E-state index contributed by atoms with van der Waals surface area (Å²) in [7, 11) is 3.90. The fraction of sp³-hybridized carbons (Fsp3) is 0.188. The summed E-state index contributed by atoms with van der Waals surface area (Å²) >= 11 is 0. The molecule has 1 unspecified atom stereocenters. The molecule has 20 heavy (non-hydrogen) atoms. The largest absolute Gasteiger partial charge is 0.388 e. The van der Waals surface area contributed by atoms with Crippen molar-refractivity contribution in [1.82, 2.24) is 9.55 Å². The van der Waals surface area contributed by atoms with Crippen molar-refractivity contribution in [1.29, 1.82) is 0 Å². The Balaban J connectivity index is 2.00. The Morgan fingerprint density at radius 1 is 1.15 bits per heavy atom. The Kier molecular flexibility index (Phi) is 3.16. The molecule has 2 aromatic carbocycles.